The summed E-state index contributed by atoms with van der Waals surface area (Å²) >= 11 is 0. The number of carbonyl (C=O) groups excluding carboxylic acids is 5. The van der Waals surface area contributed by atoms with Crippen LogP contribution in [0.4, 0.5) is 4.79 Å². The van der Waals surface area contributed by atoms with Crippen molar-refractivity contribution in [3.8, 4) is 0 Å². The Morgan fingerprint density at radius 2 is 1.55 bits per heavy atom. The zero-order valence-electron chi connectivity index (χ0n) is 28.9. The maximum absolute atomic E-state index is 14.2. The number of nitrogens with two attached hydrogens (primary N) is 1. The fraction of sp³-hybridized carbons (Fsp3) is 0.844. The van der Waals surface area contributed by atoms with Crippen molar-refractivity contribution in [2.45, 2.75) is 130 Å². The van der Waals surface area contributed by atoms with E-state index < -0.39 is 67.1 Å². The average molecular weight is 637 g/mol. The number of nitrogens with one attached hydrogen (secondary N) is 2. The number of ether oxygens (including phenoxy) is 1. The fourth-order valence-electron chi connectivity index (χ4n) is 5.97. The molecule has 4 N–H and O–H groups in total. The van der Waals surface area contributed by atoms with Crippen molar-refractivity contribution >= 4 is 37.9 Å². The first kappa shape index (κ1) is 36.0. The summed E-state index contributed by atoms with van der Waals surface area (Å²) in [6, 6.07) is -2.85. The van der Waals surface area contributed by atoms with E-state index in [1.54, 1.807) is 13.8 Å². The quantitative estimate of drug-likeness (QED) is 0.218. The standard InChI is InChI=1S/C32H56N4O7Si/c1-29(2,3)24(35-28(41)43-31(7,8)17-42-44(11,12)30(4,5)6)27(40)36-16-19-21(32(19,9)10)22(36)26(39)34-20(15-18-13-14-18)23(37)25(33)38/h18-22,24H,13-17H2,1-12H3,(H2,33,38)(H,34,39)(H,35,41)/t19-,20?,21-,22-,24+/m0/s1. The summed E-state index contributed by atoms with van der Waals surface area (Å²) in [5.41, 5.74) is 3.46. The fourth-order valence-corrected chi connectivity index (χ4v) is 7.11. The van der Waals surface area contributed by atoms with Crippen molar-refractivity contribution < 1.29 is 33.1 Å². The molecular weight excluding hydrogens is 580 g/mol. The Bertz CT molecular complexity index is 1170. The van der Waals surface area contributed by atoms with Gasteiger partial charge in [0.15, 0.2) is 8.32 Å². The summed E-state index contributed by atoms with van der Waals surface area (Å²) in [4.78, 5) is 67.0. The van der Waals surface area contributed by atoms with Crippen molar-refractivity contribution in [2.24, 2.45) is 34.3 Å². The number of fused-ring (bicyclic) bond motifs is 1. The third kappa shape index (κ3) is 8.02. The van der Waals surface area contributed by atoms with E-state index in [2.05, 4.69) is 58.3 Å². The number of hydrogen-bond acceptors (Lipinski definition) is 7. The van der Waals surface area contributed by atoms with Gasteiger partial charge in [0.1, 0.15) is 17.7 Å². The lowest BCUT2D eigenvalue weighted by atomic mass is 9.85. The maximum atomic E-state index is 14.2. The molecule has 44 heavy (non-hydrogen) atoms. The van der Waals surface area contributed by atoms with E-state index in [-0.39, 0.29) is 34.8 Å². The van der Waals surface area contributed by atoms with E-state index in [0.717, 1.165) is 12.8 Å². The van der Waals surface area contributed by atoms with Gasteiger partial charge in [0, 0.05) is 6.54 Å². The number of piperidine rings is 1. The molecule has 0 aromatic carbocycles. The van der Waals surface area contributed by atoms with Gasteiger partial charge in [0.2, 0.25) is 17.6 Å². The molecule has 2 saturated carbocycles. The molecule has 1 aliphatic heterocycles. The third-order valence-electron chi connectivity index (χ3n) is 10.2. The minimum absolute atomic E-state index is 0.00598. The molecule has 0 bridgehead atoms. The summed E-state index contributed by atoms with van der Waals surface area (Å²) < 4.78 is 12.1. The SMILES string of the molecule is CC(C)(CO[Si](C)(C)C(C)(C)C)OC(=O)N[C@H](C(=O)N1C[C@H]2[C@@H]([C@H]1C(=O)NC(CC1CC1)C(=O)C(N)=O)C2(C)C)C(C)(C)C. The van der Waals surface area contributed by atoms with Crippen molar-refractivity contribution in [1.82, 2.24) is 15.5 Å². The molecule has 11 nitrogen and oxygen atoms in total. The molecule has 3 aliphatic rings. The van der Waals surface area contributed by atoms with Gasteiger partial charge in [-0.3, -0.25) is 19.2 Å². The van der Waals surface area contributed by atoms with Gasteiger partial charge in [-0.1, -0.05) is 68.2 Å². The monoisotopic (exact) mass is 636 g/mol. The van der Waals surface area contributed by atoms with Crippen LogP contribution in [0.25, 0.3) is 0 Å². The molecule has 4 amide bonds. The molecule has 12 heteroatoms. The van der Waals surface area contributed by atoms with Crippen LogP contribution in [0.5, 0.6) is 0 Å². The molecule has 3 fully saturated rings. The van der Waals surface area contributed by atoms with Gasteiger partial charge >= 0.3 is 6.09 Å². The number of Topliss-reactive ketones (excluding diaryl/α,β-unsaturated/α-hetero) is 1. The van der Waals surface area contributed by atoms with Gasteiger partial charge in [-0.05, 0) is 67.0 Å². The highest BCUT2D eigenvalue weighted by Gasteiger charge is 2.70. The van der Waals surface area contributed by atoms with E-state index in [9.17, 15) is 24.0 Å². The van der Waals surface area contributed by atoms with Crippen LogP contribution in [0.1, 0.15) is 88.5 Å². The van der Waals surface area contributed by atoms with Crippen LogP contribution in [0.15, 0.2) is 0 Å². The molecule has 1 unspecified atom stereocenters. The van der Waals surface area contributed by atoms with Crippen LogP contribution < -0.4 is 16.4 Å². The Kier molecular flexibility index (Phi) is 9.85. The highest BCUT2D eigenvalue weighted by atomic mass is 28.4. The number of ketones is 1. The summed E-state index contributed by atoms with van der Waals surface area (Å²) in [5, 5.41) is 5.56. The van der Waals surface area contributed by atoms with Crippen molar-refractivity contribution in [2.75, 3.05) is 13.2 Å². The summed E-state index contributed by atoms with van der Waals surface area (Å²) in [5.74, 6) is -2.56. The molecule has 250 valence electrons. The average Bonchev–Trinajstić information content (AvgIpc) is 3.70. The van der Waals surface area contributed by atoms with Crippen molar-refractivity contribution in [3.63, 3.8) is 0 Å². The normalized spacial score (nSPS) is 24.5. The number of rotatable bonds is 12. The minimum Gasteiger partial charge on any atom is -0.441 e. The van der Waals surface area contributed by atoms with Gasteiger partial charge < -0.3 is 30.4 Å². The number of amides is 4. The highest BCUT2D eigenvalue weighted by molar-refractivity contribution is 6.74. The zero-order chi connectivity index (χ0) is 33.8. The molecule has 0 aromatic heterocycles. The first-order valence-electron chi connectivity index (χ1n) is 15.9. The van der Waals surface area contributed by atoms with Gasteiger partial charge in [0.25, 0.3) is 5.91 Å². The maximum Gasteiger partial charge on any atom is 0.408 e. The number of primary amides is 1. The number of hydrogen-bond donors (Lipinski definition) is 3. The number of alkyl carbamates (subject to hydrolysis) is 1. The lowest BCUT2D eigenvalue weighted by molar-refractivity contribution is -0.145. The van der Waals surface area contributed by atoms with E-state index >= 15 is 0 Å². The molecule has 2 aliphatic carbocycles. The second-order valence-corrected chi connectivity index (χ2v) is 21.8. The lowest BCUT2D eigenvalue weighted by Gasteiger charge is -2.39. The third-order valence-corrected chi connectivity index (χ3v) is 14.7. The van der Waals surface area contributed by atoms with Crippen LogP contribution in [-0.4, -0.2) is 79.7 Å². The Hall–Kier alpha value is -2.47. The molecule has 0 aromatic rings. The summed E-state index contributed by atoms with van der Waals surface area (Å²) in [7, 11) is -2.08. The Morgan fingerprint density at radius 1 is 0.977 bits per heavy atom. The van der Waals surface area contributed by atoms with Gasteiger partial charge in [-0.2, -0.15) is 0 Å². The Labute approximate surface area is 264 Å². The van der Waals surface area contributed by atoms with Gasteiger partial charge in [-0.25, -0.2) is 4.79 Å². The van der Waals surface area contributed by atoms with E-state index in [0.29, 0.717) is 13.0 Å². The smallest absolute Gasteiger partial charge is 0.408 e. The van der Waals surface area contributed by atoms with Crippen LogP contribution >= 0.6 is 0 Å². The van der Waals surface area contributed by atoms with E-state index in [1.807, 2.05) is 20.8 Å². The van der Waals surface area contributed by atoms with Gasteiger partial charge in [0.05, 0.1) is 12.6 Å². The first-order chi connectivity index (χ1) is 19.8. The predicted molar refractivity (Wildman–Crippen MR) is 170 cm³/mol. The summed E-state index contributed by atoms with van der Waals surface area (Å²) in [6.07, 6.45) is 1.46. The highest BCUT2D eigenvalue weighted by Crippen LogP contribution is 2.65. The van der Waals surface area contributed by atoms with Crippen LogP contribution in [0.2, 0.25) is 18.1 Å². The summed E-state index contributed by atoms with van der Waals surface area (Å²) in [6.45, 7) is 24.4. The molecule has 0 spiro atoms. The number of likely N-dealkylation sites (tertiary alicyclic amines) is 1. The Morgan fingerprint density at radius 3 is 2.02 bits per heavy atom. The number of carbonyl (C=O) groups is 5. The predicted octanol–water partition coefficient (Wildman–Crippen LogP) is 3.75. The minimum atomic E-state index is -2.08. The number of nitrogens with zero attached hydrogens (tertiary/aromatic N) is 1. The van der Waals surface area contributed by atoms with E-state index in [4.69, 9.17) is 14.9 Å². The van der Waals surface area contributed by atoms with Crippen LogP contribution in [0.3, 0.4) is 0 Å². The molecule has 0 radical (unpaired) electrons. The molecule has 5 atom stereocenters. The first-order valence-corrected chi connectivity index (χ1v) is 18.8. The lowest BCUT2D eigenvalue weighted by Crippen LogP contribution is -2.61. The van der Waals surface area contributed by atoms with Crippen LogP contribution in [-0.2, 0) is 28.3 Å². The molecule has 3 rings (SSSR count). The molecular formula is C32H56N4O7Si. The zero-order valence-corrected chi connectivity index (χ0v) is 29.9. The Balaban J connectivity index is 1.77. The van der Waals surface area contributed by atoms with Crippen LogP contribution in [0, 0.1) is 28.6 Å². The second-order valence-electron chi connectivity index (χ2n) is 17.0. The molecule has 1 heterocycles. The van der Waals surface area contributed by atoms with Gasteiger partial charge in [-0.15, -0.1) is 0 Å². The second kappa shape index (κ2) is 12.0. The topological polar surface area (TPSA) is 157 Å². The van der Waals surface area contributed by atoms with Crippen molar-refractivity contribution in [3.05, 3.63) is 0 Å². The van der Waals surface area contributed by atoms with Crippen molar-refractivity contribution in [1.29, 1.82) is 0 Å². The largest absolute Gasteiger partial charge is 0.441 e. The molecule has 1 saturated heterocycles. The van der Waals surface area contributed by atoms with E-state index in [1.165, 1.54) is 4.90 Å².